The van der Waals surface area contributed by atoms with Gasteiger partial charge in [0.05, 0.1) is 16.1 Å². The van der Waals surface area contributed by atoms with Gasteiger partial charge in [-0.3, -0.25) is 4.79 Å². The molecule has 1 fully saturated rings. The van der Waals surface area contributed by atoms with Crippen LogP contribution in [-0.2, 0) is 14.6 Å². The predicted octanol–water partition coefficient (Wildman–Crippen LogP) is 2.76. The fraction of sp³-hybridized carbons (Fsp3) is 0.533. The van der Waals surface area contributed by atoms with Gasteiger partial charge in [0.25, 0.3) is 0 Å². The Kier molecular flexibility index (Phi) is 7.38. The number of nitrogens with one attached hydrogen (secondary N) is 2. The van der Waals surface area contributed by atoms with Crippen LogP contribution in [0.3, 0.4) is 0 Å². The van der Waals surface area contributed by atoms with E-state index >= 15 is 0 Å². The SMILES string of the molecule is CC(NC(=O)C1(S(C)(=O)=O)CCNCC1)c1ccc(Cl)c(Cl)c1.Cl. The van der Waals surface area contributed by atoms with Crippen molar-refractivity contribution in [2.24, 2.45) is 0 Å². The van der Waals surface area contributed by atoms with Crippen molar-refractivity contribution in [3.8, 4) is 0 Å². The summed E-state index contributed by atoms with van der Waals surface area (Å²) >= 11 is 11.9. The van der Waals surface area contributed by atoms with E-state index in [1.165, 1.54) is 0 Å². The second-order valence-electron chi connectivity index (χ2n) is 5.89. The minimum Gasteiger partial charge on any atom is -0.348 e. The summed E-state index contributed by atoms with van der Waals surface area (Å²) in [5.41, 5.74) is 0.769. The van der Waals surface area contributed by atoms with Crippen LogP contribution in [0, 0.1) is 0 Å². The fourth-order valence-corrected chi connectivity index (χ4v) is 4.44. The number of amides is 1. The highest BCUT2D eigenvalue weighted by Gasteiger charge is 2.48. The summed E-state index contributed by atoms with van der Waals surface area (Å²) in [7, 11) is -3.53. The summed E-state index contributed by atoms with van der Waals surface area (Å²) in [4.78, 5) is 12.7. The molecular formula is C15H21Cl3N2O3S. The minimum atomic E-state index is -3.53. The van der Waals surface area contributed by atoms with E-state index in [0.717, 1.165) is 11.8 Å². The van der Waals surface area contributed by atoms with Gasteiger partial charge in [-0.05, 0) is 50.6 Å². The summed E-state index contributed by atoms with van der Waals surface area (Å²) in [6, 6.07) is 4.71. The normalized spacial score (nSPS) is 18.3. The number of hydrogen-bond acceptors (Lipinski definition) is 4. The maximum absolute atomic E-state index is 12.7. The molecule has 0 radical (unpaired) electrons. The third kappa shape index (κ3) is 4.35. The molecule has 2 rings (SSSR count). The second-order valence-corrected chi connectivity index (χ2v) is 9.03. The molecular weight excluding hydrogens is 395 g/mol. The molecule has 1 amide bonds. The van der Waals surface area contributed by atoms with E-state index < -0.39 is 20.5 Å². The fourth-order valence-electron chi connectivity index (χ4n) is 2.79. The third-order valence-corrected chi connectivity index (χ3v) is 7.08. The first-order valence-corrected chi connectivity index (χ1v) is 9.98. The second kappa shape index (κ2) is 8.23. The zero-order valence-corrected chi connectivity index (χ0v) is 16.6. The van der Waals surface area contributed by atoms with Crippen LogP contribution in [-0.4, -0.2) is 38.4 Å². The molecule has 0 aromatic heterocycles. The molecule has 1 aliphatic rings. The van der Waals surface area contributed by atoms with E-state index in [9.17, 15) is 13.2 Å². The van der Waals surface area contributed by atoms with Gasteiger partial charge in [-0.15, -0.1) is 12.4 Å². The summed E-state index contributed by atoms with van der Waals surface area (Å²) in [5.74, 6) is -0.458. The van der Waals surface area contributed by atoms with Crippen molar-refractivity contribution < 1.29 is 13.2 Å². The van der Waals surface area contributed by atoms with E-state index in [1.807, 2.05) is 0 Å². The van der Waals surface area contributed by atoms with Crippen molar-refractivity contribution in [2.45, 2.75) is 30.6 Å². The van der Waals surface area contributed by atoms with Crippen molar-refractivity contribution in [3.05, 3.63) is 33.8 Å². The molecule has 1 aromatic carbocycles. The Morgan fingerprint density at radius 3 is 2.33 bits per heavy atom. The number of halogens is 3. The van der Waals surface area contributed by atoms with Gasteiger partial charge >= 0.3 is 0 Å². The summed E-state index contributed by atoms with van der Waals surface area (Å²) in [5, 5.41) is 6.72. The minimum absolute atomic E-state index is 0. The molecule has 0 saturated carbocycles. The molecule has 24 heavy (non-hydrogen) atoms. The van der Waals surface area contributed by atoms with E-state index in [1.54, 1.807) is 25.1 Å². The number of carbonyl (C=O) groups is 1. The molecule has 0 spiro atoms. The highest BCUT2D eigenvalue weighted by molar-refractivity contribution is 7.92. The Hall–Kier alpha value is -0.530. The molecule has 0 aliphatic carbocycles. The van der Waals surface area contributed by atoms with Crippen LogP contribution >= 0.6 is 35.6 Å². The maximum Gasteiger partial charge on any atom is 0.242 e. The molecule has 1 heterocycles. The molecule has 1 saturated heterocycles. The molecule has 0 bridgehead atoms. The molecule has 9 heteroatoms. The van der Waals surface area contributed by atoms with E-state index in [2.05, 4.69) is 10.6 Å². The van der Waals surface area contributed by atoms with Crippen LogP contribution in [0.1, 0.15) is 31.4 Å². The van der Waals surface area contributed by atoms with Crippen molar-refractivity contribution in [1.82, 2.24) is 10.6 Å². The van der Waals surface area contributed by atoms with Gasteiger partial charge in [0.1, 0.15) is 0 Å². The third-order valence-electron chi connectivity index (χ3n) is 4.33. The van der Waals surface area contributed by atoms with Crippen LogP contribution in [0.2, 0.25) is 10.0 Å². The topological polar surface area (TPSA) is 75.3 Å². The lowest BCUT2D eigenvalue weighted by Gasteiger charge is -2.35. The predicted molar refractivity (Wildman–Crippen MR) is 99.9 cm³/mol. The molecule has 2 N–H and O–H groups in total. The standard InChI is InChI=1S/C15H20Cl2N2O3S.ClH/c1-10(11-3-4-12(16)13(17)9-11)19-14(20)15(23(2,21)22)5-7-18-8-6-15;/h3-4,9-10,18H,5-8H2,1-2H3,(H,19,20);1H. The van der Waals surface area contributed by atoms with Gasteiger partial charge in [0, 0.05) is 6.26 Å². The van der Waals surface area contributed by atoms with E-state index in [4.69, 9.17) is 23.2 Å². The van der Waals surface area contributed by atoms with E-state index in [0.29, 0.717) is 23.1 Å². The molecule has 1 aromatic rings. The molecule has 136 valence electrons. The van der Waals surface area contributed by atoms with Crippen molar-refractivity contribution in [1.29, 1.82) is 0 Å². The smallest absolute Gasteiger partial charge is 0.242 e. The number of carbonyl (C=O) groups excluding carboxylic acids is 1. The lowest BCUT2D eigenvalue weighted by molar-refractivity contribution is -0.125. The largest absolute Gasteiger partial charge is 0.348 e. The van der Waals surface area contributed by atoms with Crippen LogP contribution in [0.25, 0.3) is 0 Å². The quantitative estimate of drug-likeness (QED) is 0.793. The van der Waals surface area contributed by atoms with Crippen molar-refractivity contribution in [2.75, 3.05) is 19.3 Å². The monoisotopic (exact) mass is 414 g/mol. The first-order chi connectivity index (χ1) is 10.7. The average Bonchev–Trinajstić information content (AvgIpc) is 2.49. The molecule has 1 atom stereocenters. The Labute approximate surface area is 158 Å². The average molecular weight is 416 g/mol. The highest BCUT2D eigenvalue weighted by Crippen LogP contribution is 2.30. The zero-order chi connectivity index (χ0) is 17.3. The van der Waals surface area contributed by atoms with Gasteiger partial charge in [-0.2, -0.15) is 0 Å². The Balaban J connectivity index is 0.00000288. The molecule has 5 nitrogen and oxygen atoms in total. The zero-order valence-electron chi connectivity index (χ0n) is 13.4. The number of sulfone groups is 1. The van der Waals surface area contributed by atoms with Gasteiger partial charge in [0.15, 0.2) is 14.6 Å². The Bertz CT molecular complexity index is 704. The van der Waals surface area contributed by atoms with Crippen LogP contribution < -0.4 is 10.6 Å². The van der Waals surface area contributed by atoms with Gasteiger partial charge < -0.3 is 10.6 Å². The van der Waals surface area contributed by atoms with Gasteiger partial charge in [-0.1, -0.05) is 29.3 Å². The summed E-state index contributed by atoms with van der Waals surface area (Å²) in [6.07, 6.45) is 1.67. The Morgan fingerprint density at radius 2 is 1.83 bits per heavy atom. The van der Waals surface area contributed by atoms with Crippen molar-refractivity contribution in [3.63, 3.8) is 0 Å². The Morgan fingerprint density at radius 1 is 1.25 bits per heavy atom. The van der Waals surface area contributed by atoms with Gasteiger partial charge in [0.2, 0.25) is 5.91 Å². The number of hydrogen-bond donors (Lipinski definition) is 2. The van der Waals surface area contributed by atoms with Crippen LogP contribution in [0.15, 0.2) is 18.2 Å². The lowest BCUT2D eigenvalue weighted by atomic mass is 9.95. The molecule has 1 unspecified atom stereocenters. The summed E-state index contributed by atoms with van der Waals surface area (Å²) in [6.45, 7) is 2.79. The summed E-state index contributed by atoms with van der Waals surface area (Å²) < 4.78 is 23.1. The van der Waals surface area contributed by atoms with Gasteiger partial charge in [-0.25, -0.2) is 8.42 Å². The maximum atomic E-state index is 12.7. The number of rotatable bonds is 4. The number of piperidine rings is 1. The molecule has 1 aliphatic heterocycles. The van der Waals surface area contributed by atoms with Crippen molar-refractivity contribution >= 4 is 51.4 Å². The highest BCUT2D eigenvalue weighted by atomic mass is 35.5. The van der Waals surface area contributed by atoms with Crippen LogP contribution in [0.5, 0.6) is 0 Å². The van der Waals surface area contributed by atoms with Crippen LogP contribution in [0.4, 0.5) is 0 Å². The lowest BCUT2D eigenvalue weighted by Crippen LogP contribution is -2.57. The number of benzene rings is 1. The van der Waals surface area contributed by atoms with E-state index in [-0.39, 0.29) is 31.3 Å². The first kappa shape index (κ1) is 21.5. The first-order valence-electron chi connectivity index (χ1n) is 7.33.